The molecule has 3 rings (SSSR count). The maximum atomic E-state index is 12.2. The van der Waals surface area contributed by atoms with Gasteiger partial charge in [-0.1, -0.05) is 0 Å². The molecule has 0 amide bonds. The van der Waals surface area contributed by atoms with Crippen molar-refractivity contribution in [3.8, 4) is 0 Å². The van der Waals surface area contributed by atoms with Crippen molar-refractivity contribution in [3.63, 3.8) is 0 Å². The van der Waals surface area contributed by atoms with E-state index in [-0.39, 0.29) is 17.4 Å². The summed E-state index contributed by atoms with van der Waals surface area (Å²) in [5.41, 5.74) is 0.367. The third-order valence-corrected chi connectivity index (χ3v) is 3.60. The number of Topliss-reactive ketones (excluding diaryl/α,β-unsaturated/α-hetero) is 1. The van der Waals surface area contributed by atoms with E-state index in [0.29, 0.717) is 28.4 Å². The van der Waals surface area contributed by atoms with E-state index in [9.17, 15) is 9.59 Å². The molecule has 0 aromatic carbocycles. The molecule has 0 spiro atoms. The lowest BCUT2D eigenvalue weighted by molar-refractivity contribution is 0.101. The van der Waals surface area contributed by atoms with Gasteiger partial charge in [0.1, 0.15) is 17.5 Å². The number of ketones is 1. The number of pyridine rings is 3. The Morgan fingerprint density at radius 2 is 2.00 bits per heavy atom. The first-order valence-electron chi connectivity index (χ1n) is 7.97. The Bertz CT molecular complexity index is 994. The van der Waals surface area contributed by atoms with Crippen LogP contribution in [0.2, 0.25) is 0 Å². The van der Waals surface area contributed by atoms with Crippen molar-refractivity contribution in [1.29, 1.82) is 0 Å². The fraction of sp³-hybridized carbons (Fsp3) is 0.222. The molecule has 7 heteroatoms. The molecular formula is C18H19N5O2. The third-order valence-electron chi connectivity index (χ3n) is 3.60. The number of hydrogen-bond acceptors (Lipinski definition) is 6. The Balaban J connectivity index is 2.06. The van der Waals surface area contributed by atoms with Gasteiger partial charge < -0.3 is 15.6 Å². The Morgan fingerprint density at radius 3 is 2.72 bits per heavy atom. The number of aromatic nitrogens is 3. The van der Waals surface area contributed by atoms with Crippen LogP contribution in [0, 0.1) is 0 Å². The van der Waals surface area contributed by atoms with Crippen LogP contribution >= 0.6 is 0 Å². The zero-order valence-electron chi connectivity index (χ0n) is 14.3. The highest BCUT2D eigenvalue weighted by Crippen LogP contribution is 2.24. The van der Waals surface area contributed by atoms with Gasteiger partial charge >= 0.3 is 0 Å². The Kier molecular flexibility index (Phi) is 4.47. The summed E-state index contributed by atoms with van der Waals surface area (Å²) < 4.78 is 0. The smallest absolute Gasteiger partial charge is 0.259 e. The minimum atomic E-state index is -0.198. The van der Waals surface area contributed by atoms with Crippen molar-refractivity contribution in [2.75, 3.05) is 10.6 Å². The second-order valence-electron chi connectivity index (χ2n) is 6.04. The highest BCUT2D eigenvalue weighted by Gasteiger charge is 2.11. The molecule has 0 aliphatic rings. The normalized spacial score (nSPS) is 10.9. The molecule has 128 valence electrons. The van der Waals surface area contributed by atoms with Crippen LogP contribution in [0.4, 0.5) is 17.5 Å². The molecule has 0 atom stereocenters. The summed E-state index contributed by atoms with van der Waals surface area (Å²) >= 11 is 0. The Labute approximate surface area is 144 Å². The molecule has 0 saturated heterocycles. The summed E-state index contributed by atoms with van der Waals surface area (Å²) in [4.78, 5) is 35.1. The lowest BCUT2D eigenvalue weighted by Crippen LogP contribution is -2.16. The number of aromatic amines is 1. The molecule has 0 aliphatic heterocycles. The van der Waals surface area contributed by atoms with Crippen LogP contribution in [0.25, 0.3) is 10.8 Å². The summed E-state index contributed by atoms with van der Waals surface area (Å²) in [7, 11) is 0. The van der Waals surface area contributed by atoms with Gasteiger partial charge in [0, 0.05) is 24.0 Å². The summed E-state index contributed by atoms with van der Waals surface area (Å²) in [6.07, 6.45) is 3.17. The van der Waals surface area contributed by atoms with Gasteiger partial charge in [-0.2, -0.15) is 0 Å². The van der Waals surface area contributed by atoms with E-state index < -0.39 is 0 Å². The molecule has 3 aromatic heterocycles. The molecule has 0 unspecified atom stereocenters. The minimum absolute atomic E-state index is 0.0365. The highest BCUT2D eigenvalue weighted by molar-refractivity contribution is 5.95. The number of H-pyrrole nitrogens is 1. The van der Waals surface area contributed by atoms with Crippen LogP contribution < -0.4 is 16.2 Å². The van der Waals surface area contributed by atoms with Gasteiger partial charge in [-0.05, 0) is 50.4 Å². The molecule has 0 saturated carbocycles. The van der Waals surface area contributed by atoms with Gasteiger partial charge in [-0.15, -0.1) is 0 Å². The maximum absolute atomic E-state index is 12.2. The van der Waals surface area contributed by atoms with Crippen molar-refractivity contribution in [3.05, 3.63) is 52.6 Å². The average molecular weight is 337 g/mol. The predicted octanol–water partition coefficient (Wildman–Crippen LogP) is 3.08. The Hall–Kier alpha value is -3.22. The number of nitrogens with zero attached hydrogens (tertiary/aromatic N) is 2. The maximum Gasteiger partial charge on any atom is 0.259 e. The SMILES string of the molecule is CC(=O)c1ccnc(Nc2cc3cc[nH]c(=O)c3c(NC(C)C)n2)c1. The summed E-state index contributed by atoms with van der Waals surface area (Å²) in [6.45, 7) is 5.45. The molecule has 25 heavy (non-hydrogen) atoms. The van der Waals surface area contributed by atoms with Gasteiger partial charge in [0.05, 0.1) is 5.39 Å². The summed E-state index contributed by atoms with van der Waals surface area (Å²) in [5.74, 6) is 1.51. The third kappa shape index (κ3) is 3.65. The molecule has 0 aliphatic carbocycles. The van der Waals surface area contributed by atoms with Crippen molar-refractivity contribution >= 4 is 34.0 Å². The van der Waals surface area contributed by atoms with E-state index in [1.807, 2.05) is 19.9 Å². The van der Waals surface area contributed by atoms with Gasteiger partial charge in [0.2, 0.25) is 0 Å². The predicted molar refractivity (Wildman–Crippen MR) is 98.6 cm³/mol. The number of fused-ring (bicyclic) bond motifs is 1. The van der Waals surface area contributed by atoms with E-state index in [1.165, 1.54) is 6.92 Å². The van der Waals surface area contributed by atoms with Gasteiger partial charge in [0.25, 0.3) is 5.56 Å². The number of carbonyl (C=O) groups is 1. The molecule has 3 heterocycles. The standard InChI is InChI=1S/C18H19N5O2/c1-10(2)21-17-16-13(5-7-20-18(16)25)9-15(23-17)22-14-8-12(11(3)24)4-6-19-14/h4-10H,1-3H3,(H,20,25)(H2,19,21,22,23). The van der Waals surface area contributed by atoms with Crippen LogP contribution in [0.3, 0.4) is 0 Å². The zero-order valence-corrected chi connectivity index (χ0v) is 14.3. The number of rotatable bonds is 5. The summed E-state index contributed by atoms with van der Waals surface area (Å²) in [6, 6.07) is 7.03. The number of nitrogens with one attached hydrogen (secondary N) is 3. The molecular weight excluding hydrogens is 318 g/mol. The Morgan fingerprint density at radius 1 is 1.20 bits per heavy atom. The fourth-order valence-corrected chi connectivity index (χ4v) is 2.51. The molecule has 7 nitrogen and oxygen atoms in total. The van der Waals surface area contributed by atoms with Crippen molar-refractivity contribution in [1.82, 2.24) is 15.0 Å². The largest absolute Gasteiger partial charge is 0.367 e. The fourth-order valence-electron chi connectivity index (χ4n) is 2.51. The van der Waals surface area contributed by atoms with E-state index in [4.69, 9.17) is 0 Å². The number of carbonyl (C=O) groups excluding carboxylic acids is 1. The van der Waals surface area contributed by atoms with Crippen LogP contribution in [0.15, 0.2) is 41.5 Å². The van der Waals surface area contributed by atoms with Crippen LogP contribution in [0.5, 0.6) is 0 Å². The van der Waals surface area contributed by atoms with E-state index in [2.05, 4.69) is 25.6 Å². The molecule has 0 bridgehead atoms. The van der Waals surface area contributed by atoms with E-state index >= 15 is 0 Å². The summed E-state index contributed by atoms with van der Waals surface area (Å²) in [5, 5.41) is 7.56. The minimum Gasteiger partial charge on any atom is -0.367 e. The number of anilines is 3. The average Bonchev–Trinajstić information content (AvgIpc) is 2.54. The highest BCUT2D eigenvalue weighted by atomic mass is 16.1. The monoisotopic (exact) mass is 337 g/mol. The van der Waals surface area contributed by atoms with Crippen LogP contribution in [-0.2, 0) is 0 Å². The van der Waals surface area contributed by atoms with Crippen LogP contribution in [0.1, 0.15) is 31.1 Å². The quantitative estimate of drug-likeness (QED) is 0.619. The zero-order chi connectivity index (χ0) is 18.0. The first kappa shape index (κ1) is 16.6. The van der Waals surface area contributed by atoms with Gasteiger partial charge in [0.15, 0.2) is 5.78 Å². The topological polar surface area (TPSA) is 99.8 Å². The van der Waals surface area contributed by atoms with Gasteiger partial charge in [-0.3, -0.25) is 9.59 Å². The molecule has 3 N–H and O–H groups in total. The van der Waals surface area contributed by atoms with Gasteiger partial charge in [-0.25, -0.2) is 9.97 Å². The van der Waals surface area contributed by atoms with E-state index in [0.717, 1.165) is 5.39 Å². The van der Waals surface area contributed by atoms with Crippen molar-refractivity contribution < 1.29 is 4.79 Å². The van der Waals surface area contributed by atoms with Crippen molar-refractivity contribution in [2.24, 2.45) is 0 Å². The first-order valence-corrected chi connectivity index (χ1v) is 7.97. The second kappa shape index (κ2) is 6.72. The lowest BCUT2D eigenvalue weighted by Gasteiger charge is -2.14. The molecule has 0 radical (unpaired) electrons. The first-order chi connectivity index (χ1) is 11.9. The second-order valence-corrected chi connectivity index (χ2v) is 6.04. The number of hydrogen-bond donors (Lipinski definition) is 3. The molecule has 0 fully saturated rings. The lowest BCUT2D eigenvalue weighted by atomic mass is 10.2. The van der Waals surface area contributed by atoms with E-state index in [1.54, 1.807) is 30.6 Å². The molecule has 3 aromatic rings. The van der Waals surface area contributed by atoms with Crippen LogP contribution in [-0.4, -0.2) is 26.8 Å². The van der Waals surface area contributed by atoms with Crippen molar-refractivity contribution in [2.45, 2.75) is 26.8 Å².